The van der Waals surface area contributed by atoms with Crippen LogP contribution in [0.1, 0.15) is 23.2 Å². The number of carbonyl (C=O) groups excluding carboxylic acids is 2. The van der Waals surface area contributed by atoms with Crippen LogP contribution < -0.4 is 5.32 Å². The molecule has 0 radical (unpaired) electrons. The molecule has 158 valence electrons. The van der Waals surface area contributed by atoms with Gasteiger partial charge in [-0.15, -0.1) is 11.8 Å². The number of nitrogens with one attached hydrogen (secondary N) is 1. The number of benzene rings is 2. The number of piperidine rings is 1. The molecule has 1 spiro atoms. The second-order valence-corrected chi connectivity index (χ2v) is 9.14. The van der Waals surface area contributed by atoms with E-state index in [1.54, 1.807) is 33.7 Å². The summed E-state index contributed by atoms with van der Waals surface area (Å²) in [5.74, 6) is -0.603. The molecule has 0 atom stereocenters. The second kappa shape index (κ2) is 8.43. The van der Waals surface area contributed by atoms with E-state index in [1.165, 1.54) is 30.3 Å². The van der Waals surface area contributed by atoms with Gasteiger partial charge in [0, 0.05) is 31.1 Å². The van der Waals surface area contributed by atoms with E-state index in [9.17, 15) is 18.4 Å². The predicted molar refractivity (Wildman–Crippen MR) is 114 cm³/mol. The number of urea groups is 1. The fraction of sp³-hybridized carbons (Fsp3) is 0.333. The van der Waals surface area contributed by atoms with Crippen molar-refractivity contribution in [3.05, 3.63) is 64.7 Å². The third-order valence-electron chi connectivity index (χ3n) is 5.53. The van der Waals surface area contributed by atoms with Gasteiger partial charge in [0.25, 0.3) is 5.91 Å². The number of hydrogen-bond donors (Lipinski definition) is 1. The highest BCUT2D eigenvalue weighted by Gasteiger charge is 2.47. The van der Waals surface area contributed by atoms with Crippen molar-refractivity contribution in [3.63, 3.8) is 0 Å². The SMILES string of the molecule is O=C(Nc1ccc(F)c(Cl)c1)N1CCC2(CC1)SCCN2C(=O)c1ccccc1F. The molecule has 5 nitrogen and oxygen atoms in total. The molecular weight excluding hydrogens is 432 g/mol. The average molecular weight is 452 g/mol. The quantitative estimate of drug-likeness (QED) is 0.711. The Balaban J connectivity index is 1.42. The molecule has 2 aromatic carbocycles. The average Bonchev–Trinajstić information content (AvgIpc) is 3.14. The van der Waals surface area contributed by atoms with Crippen LogP contribution in [0.4, 0.5) is 19.3 Å². The highest BCUT2D eigenvalue weighted by Crippen LogP contribution is 2.44. The second-order valence-electron chi connectivity index (χ2n) is 7.28. The first-order valence-corrected chi connectivity index (χ1v) is 11.0. The van der Waals surface area contributed by atoms with Gasteiger partial charge in [-0.2, -0.15) is 0 Å². The highest BCUT2D eigenvalue weighted by atomic mass is 35.5. The van der Waals surface area contributed by atoms with Crippen LogP contribution in [-0.2, 0) is 0 Å². The van der Waals surface area contributed by atoms with Crippen LogP contribution in [0.5, 0.6) is 0 Å². The predicted octanol–water partition coefficient (Wildman–Crippen LogP) is 4.83. The number of anilines is 1. The van der Waals surface area contributed by atoms with Crippen LogP contribution in [0, 0.1) is 11.6 Å². The molecule has 2 aromatic rings. The molecule has 2 aliphatic heterocycles. The van der Waals surface area contributed by atoms with Crippen molar-refractivity contribution in [2.24, 2.45) is 0 Å². The number of likely N-dealkylation sites (tertiary alicyclic amines) is 1. The third kappa shape index (κ3) is 3.98. The summed E-state index contributed by atoms with van der Waals surface area (Å²) in [6.07, 6.45) is 1.19. The van der Waals surface area contributed by atoms with Gasteiger partial charge in [-0.3, -0.25) is 4.79 Å². The van der Waals surface area contributed by atoms with E-state index in [0.29, 0.717) is 38.2 Å². The minimum absolute atomic E-state index is 0.0601. The zero-order chi connectivity index (χ0) is 21.3. The van der Waals surface area contributed by atoms with E-state index in [-0.39, 0.29) is 22.5 Å². The summed E-state index contributed by atoms with van der Waals surface area (Å²) in [6.45, 7) is 1.46. The third-order valence-corrected chi connectivity index (χ3v) is 7.37. The van der Waals surface area contributed by atoms with Gasteiger partial charge in [-0.1, -0.05) is 23.7 Å². The van der Waals surface area contributed by atoms with Crippen LogP contribution in [0.15, 0.2) is 42.5 Å². The summed E-state index contributed by atoms with van der Waals surface area (Å²) in [7, 11) is 0. The first-order chi connectivity index (χ1) is 14.4. The zero-order valence-corrected chi connectivity index (χ0v) is 17.6. The molecule has 2 fully saturated rings. The standard InChI is InChI=1S/C21H20ClF2N3O2S/c22-16-13-14(5-6-18(16)24)25-20(29)26-9-7-21(8-10-26)27(11-12-30-21)19(28)15-3-1-2-4-17(15)23/h1-6,13H,7-12H2,(H,25,29). The monoisotopic (exact) mass is 451 g/mol. The van der Waals surface area contributed by atoms with Crippen molar-refractivity contribution in [3.8, 4) is 0 Å². The number of hydrogen-bond acceptors (Lipinski definition) is 3. The Morgan fingerprint density at radius 1 is 1.03 bits per heavy atom. The lowest BCUT2D eigenvalue weighted by atomic mass is 10.0. The van der Waals surface area contributed by atoms with Gasteiger partial charge < -0.3 is 15.1 Å². The molecule has 0 aromatic heterocycles. The minimum atomic E-state index is -0.549. The molecule has 4 rings (SSSR count). The lowest BCUT2D eigenvalue weighted by molar-refractivity contribution is 0.0581. The number of amides is 3. The largest absolute Gasteiger partial charge is 0.324 e. The molecule has 2 heterocycles. The summed E-state index contributed by atoms with van der Waals surface area (Å²) in [5, 5.41) is 2.66. The minimum Gasteiger partial charge on any atom is -0.324 e. The van der Waals surface area contributed by atoms with Gasteiger partial charge in [0.1, 0.15) is 11.6 Å². The van der Waals surface area contributed by atoms with Gasteiger partial charge in [0.05, 0.1) is 15.5 Å². The van der Waals surface area contributed by atoms with Crippen LogP contribution in [-0.4, -0.2) is 52.0 Å². The van der Waals surface area contributed by atoms with Crippen molar-refractivity contribution in [1.82, 2.24) is 9.80 Å². The summed E-state index contributed by atoms with van der Waals surface area (Å²) < 4.78 is 27.4. The Bertz CT molecular complexity index is 982. The van der Waals surface area contributed by atoms with E-state index in [2.05, 4.69) is 5.32 Å². The van der Waals surface area contributed by atoms with E-state index in [4.69, 9.17) is 11.6 Å². The Kier molecular flexibility index (Phi) is 5.88. The topological polar surface area (TPSA) is 52.7 Å². The van der Waals surface area contributed by atoms with Crippen LogP contribution in [0.3, 0.4) is 0 Å². The van der Waals surface area contributed by atoms with Crippen molar-refractivity contribution in [1.29, 1.82) is 0 Å². The Labute approximate surface area is 182 Å². The Hall–Kier alpha value is -2.32. The van der Waals surface area contributed by atoms with Gasteiger partial charge >= 0.3 is 6.03 Å². The fourth-order valence-corrected chi connectivity index (χ4v) is 5.56. The summed E-state index contributed by atoms with van der Waals surface area (Å²) in [5.41, 5.74) is 0.492. The van der Waals surface area contributed by atoms with Crippen LogP contribution >= 0.6 is 23.4 Å². The van der Waals surface area contributed by atoms with E-state index in [0.717, 1.165) is 5.75 Å². The Morgan fingerprint density at radius 2 is 1.77 bits per heavy atom. The van der Waals surface area contributed by atoms with Crippen molar-refractivity contribution in [2.75, 3.05) is 30.7 Å². The number of nitrogens with zero attached hydrogens (tertiary/aromatic N) is 2. The molecule has 30 heavy (non-hydrogen) atoms. The number of halogens is 3. The van der Waals surface area contributed by atoms with Gasteiger partial charge in [-0.25, -0.2) is 13.6 Å². The first kappa shape index (κ1) is 20.9. The molecule has 9 heteroatoms. The van der Waals surface area contributed by atoms with E-state index < -0.39 is 16.5 Å². The molecule has 3 amide bonds. The molecular formula is C21H20ClF2N3O2S. The first-order valence-electron chi connectivity index (χ1n) is 9.61. The maximum atomic E-state index is 14.1. The van der Waals surface area contributed by atoms with Crippen molar-refractivity contribution < 1.29 is 18.4 Å². The van der Waals surface area contributed by atoms with E-state index in [1.807, 2.05) is 0 Å². The molecule has 0 unspecified atom stereocenters. The van der Waals surface area contributed by atoms with Gasteiger partial charge in [0.2, 0.25) is 0 Å². The van der Waals surface area contributed by atoms with Crippen LogP contribution in [0.25, 0.3) is 0 Å². The van der Waals surface area contributed by atoms with Crippen LogP contribution in [0.2, 0.25) is 5.02 Å². The van der Waals surface area contributed by atoms with Crippen molar-refractivity contribution in [2.45, 2.75) is 17.7 Å². The fourth-order valence-electron chi connectivity index (χ4n) is 3.93. The van der Waals surface area contributed by atoms with E-state index >= 15 is 0 Å². The summed E-state index contributed by atoms with van der Waals surface area (Å²) >= 11 is 7.45. The molecule has 0 bridgehead atoms. The number of rotatable bonds is 2. The molecule has 2 saturated heterocycles. The van der Waals surface area contributed by atoms with Gasteiger partial charge in [0.15, 0.2) is 0 Å². The van der Waals surface area contributed by atoms with Gasteiger partial charge in [-0.05, 0) is 43.2 Å². The number of thioether (sulfide) groups is 1. The maximum absolute atomic E-state index is 14.1. The Morgan fingerprint density at radius 3 is 2.47 bits per heavy atom. The molecule has 0 aliphatic carbocycles. The highest BCUT2D eigenvalue weighted by molar-refractivity contribution is 8.00. The summed E-state index contributed by atoms with van der Waals surface area (Å²) in [6, 6.07) is 9.72. The normalized spacial score (nSPS) is 18.0. The molecule has 1 N–H and O–H groups in total. The number of carbonyl (C=O) groups is 2. The maximum Gasteiger partial charge on any atom is 0.321 e. The lowest BCUT2D eigenvalue weighted by Crippen LogP contribution is -2.54. The van der Waals surface area contributed by atoms with Crippen molar-refractivity contribution >= 4 is 41.0 Å². The zero-order valence-electron chi connectivity index (χ0n) is 16.0. The summed E-state index contributed by atoms with van der Waals surface area (Å²) in [4.78, 5) is 28.6. The molecule has 2 aliphatic rings. The molecule has 0 saturated carbocycles. The lowest BCUT2D eigenvalue weighted by Gasteiger charge is -2.44. The smallest absolute Gasteiger partial charge is 0.321 e.